The van der Waals surface area contributed by atoms with Crippen molar-refractivity contribution in [3.63, 3.8) is 0 Å². The Kier molecular flexibility index (Phi) is 6.82. The van der Waals surface area contributed by atoms with E-state index in [1.165, 1.54) is 25.7 Å². The average Bonchev–Trinajstić information content (AvgIpc) is 2.78. The first-order chi connectivity index (χ1) is 8.90. The number of nitrogens with zero attached hydrogens (tertiary/aromatic N) is 1. The highest BCUT2D eigenvalue weighted by molar-refractivity contribution is 4.95. The van der Waals surface area contributed by atoms with E-state index in [-0.39, 0.29) is 0 Å². The van der Waals surface area contributed by atoms with Gasteiger partial charge in [0.1, 0.15) is 0 Å². The zero-order valence-electron chi connectivity index (χ0n) is 14.2. The van der Waals surface area contributed by atoms with E-state index < -0.39 is 0 Å². The van der Waals surface area contributed by atoms with Crippen LogP contribution in [0.25, 0.3) is 0 Å². The summed E-state index contributed by atoms with van der Waals surface area (Å²) in [5.74, 6) is 1.64. The van der Waals surface area contributed by atoms with Gasteiger partial charge >= 0.3 is 0 Å². The summed E-state index contributed by atoms with van der Waals surface area (Å²) in [4.78, 5) is 2.60. The van der Waals surface area contributed by atoms with Gasteiger partial charge in [0.2, 0.25) is 0 Å². The van der Waals surface area contributed by atoms with Gasteiger partial charge in [-0.05, 0) is 58.4 Å². The second kappa shape index (κ2) is 7.64. The summed E-state index contributed by atoms with van der Waals surface area (Å²) in [5.41, 5.74) is 0. The lowest BCUT2D eigenvalue weighted by Crippen LogP contribution is -2.41. The lowest BCUT2D eigenvalue weighted by molar-refractivity contribution is 0.135. The third kappa shape index (κ3) is 4.46. The largest absolute Gasteiger partial charge is 0.311 e. The number of hydrogen-bond donors (Lipinski definition) is 1. The molecule has 1 saturated carbocycles. The van der Waals surface area contributed by atoms with Crippen molar-refractivity contribution in [1.82, 2.24) is 10.2 Å². The Balaban J connectivity index is 2.66. The molecule has 0 radical (unpaired) electrons. The molecule has 19 heavy (non-hydrogen) atoms. The third-order valence-electron chi connectivity index (χ3n) is 5.23. The van der Waals surface area contributed by atoms with Crippen LogP contribution in [0.1, 0.15) is 67.2 Å². The molecule has 3 atom stereocenters. The van der Waals surface area contributed by atoms with Gasteiger partial charge in [0, 0.05) is 24.2 Å². The highest BCUT2D eigenvalue weighted by Crippen LogP contribution is 2.36. The molecule has 0 aromatic rings. The molecular weight excluding hydrogens is 232 g/mol. The summed E-state index contributed by atoms with van der Waals surface area (Å²) in [6, 6.07) is 2.84. The zero-order chi connectivity index (χ0) is 14.6. The second-order valence-corrected chi connectivity index (χ2v) is 7.08. The van der Waals surface area contributed by atoms with Gasteiger partial charge in [-0.2, -0.15) is 0 Å². The summed E-state index contributed by atoms with van der Waals surface area (Å²) in [7, 11) is 2.31. The van der Waals surface area contributed by atoms with Crippen LogP contribution in [0.2, 0.25) is 0 Å². The fourth-order valence-corrected chi connectivity index (χ4v) is 3.61. The molecule has 1 fully saturated rings. The molecule has 0 aromatic carbocycles. The van der Waals surface area contributed by atoms with Gasteiger partial charge in [-0.3, -0.25) is 0 Å². The van der Waals surface area contributed by atoms with Crippen molar-refractivity contribution >= 4 is 0 Å². The van der Waals surface area contributed by atoms with Crippen LogP contribution in [-0.2, 0) is 0 Å². The first-order valence-corrected chi connectivity index (χ1v) is 8.38. The molecule has 3 unspecified atom stereocenters. The number of hydrogen-bond acceptors (Lipinski definition) is 2. The standard InChI is InChI=1S/C17H36N2/c1-8-14(9-2)18-15-10-16(12(3)4)17(11-15)19(7)13(5)6/h12-18H,8-11H2,1-7H3. The Labute approximate surface area is 121 Å². The van der Waals surface area contributed by atoms with Crippen molar-refractivity contribution in [2.24, 2.45) is 11.8 Å². The van der Waals surface area contributed by atoms with Gasteiger partial charge < -0.3 is 10.2 Å². The van der Waals surface area contributed by atoms with Gasteiger partial charge in [-0.25, -0.2) is 0 Å². The normalized spacial score (nSPS) is 28.3. The molecule has 1 rings (SSSR count). The van der Waals surface area contributed by atoms with E-state index in [2.05, 4.69) is 58.8 Å². The molecule has 0 amide bonds. The summed E-state index contributed by atoms with van der Waals surface area (Å²) in [5, 5.41) is 3.90. The maximum Gasteiger partial charge on any atom is 0.0141 e. The Morgan fingerprint density at radius 1 is 1.05 bits per heavy atom. The maximum atomic E-state index is 3.90. The lowest BCUT2D eigenvalue weighted by Gasteiger charge is -2.34. The molecule has 2 heteroatoms. The molecule has 1 aliphatic rings. The van der Waals surface area contributed by atoms with Gasteiger partial charge in [0.15, 0.2) is 0 Å². The molecule has 1 aliphatic carbocycles. The van der Waals surface area contributed by atoms with Crippen LogP contribution in [0.4, 0.5) is 0 Å². The van der Waals surface area contributed by atoms with Crippen LogP contribution in [0.15, 0.2) is 0 Å². The van der Waals surface area contributed by atoms with E-state index in [1.807, 2.05) is 0 Å². The van der Waals surface area contributed by atoms with E-state index in [0.717, 1.165) is 23.9 Å². The lowest BCUT2D eigenvalue weighted by atomic mass is 9.89. The van der Waals surface area contributed by atoms with Crippen LogP contribution >= 0.6 is 0 Å². The van der Waals surface area contributed by atoms with Crippen molar-refractivity contribution in [3.8, 4) is 0 Å². The van der Waals surface area contributed by atoms with Gasteiger partial charge in [0.25, 0.3) is 0 Å². The maximum absolute atomic E-state index is 3.90. The quantitative estimate of drug-likeness (QED) is 0.753. The van der Waals surface area contributed by atoms with E-state index in [0.29, 0.717) is 12.1 Å². The first kappa shape index (κ1) is 17.0. The highest BCUT2D eigenvalue weighted by atomic mass is 15.2. The first-order valence-electron chi connectivity index (χ1n) is 8.38. The Hall–Kier alpha value is -0.0800. The fourth-order valence-electron chi connectivity index (χ4n) is 3.61. The van der Waals surface area contributed by atoms with E-state index in [1.54, 1.807) is 0 Å². The Morgan fingerprint density at radius 2 is 1.63 bits per heavy atom. The van der Waals surface area contributed by atoms with Gasteiger partial charge in [0.05, 0.1) is 0 Å². The molecule has 0 aromatic heterocycles. The molecule has 114 valence electrons. The van der Waals surface area contributed by atoms with Crippen molar-refractivity contribution in [1.29, 1.82) is 0 Å². The average molecular weight is 268 g/mol. The smallest absolute Gasteiger partial charge is 0.0141 e. The van der Waals surface area contributed by atoms with Crippen molar-refractivity contribution < 1.29 is 0 Å². The van der Waals surface area contributed by atoms with Crippen LogP contribution in [0, 0.1) is 11.8 Å². The van der Waals surface area contributed by atoms with Crippen molar-refractivity contribution in [2.45, 2.75) is 91.4 Å². The molecule has 0 heterocycles. The third-order valence-corrected chi connectivity index (χ3v) is 5.23. The topological polar surface area (TPSA) is 15.3 Å². The van der Waals surface area contributed by atoms with Gasteiger partial charge in [-0.15, -0.1) is 0 Å². The molecular formula is C17H36N2. The Bertz CT molecular complexity index is 246. The summed E-state index contributed by atoms with van der Waals surface area (Å²) in [6.07, 6.45) is 5.19. The van der Waals surface area contributed by atoms with Crippen LogP contribution < -0.4 is 5.32 Å². The van der Waals surface area contributed by atoms with E-state index in [4.69, 9.17) is 0 Å². The number of rotatable bonds is 7. The predicted molar refractivity (Wildman–Crippen MR) is 85.5 cm³/mol. The zero-order valence-corrected chi connectivity index (χ0v) is 14.2. The van der Waals surface area contributed by atoms with Crippen LogP contribution in [-0.4, -0.2) is 36.1 Å². The predicted octanol–water partition coefficient (Wildman–Crippen LogP) is 3.91. The molecule has 0 saturated heterocycles. The van der Waals surface area contributed by atoms with Crippen LogP contribution in [0.5, 0.6) is 0 Å². The van der Waals surface area contributed by atoms with Crippen molar-refractivity contribution in [2.75, 3.05) is 7.05 Å². The minimum atomic E-state index is 0.651. The minimum absolute atomic E-state index is 0.651. The van der Waals surface area contributed by atoms with Crippen molar-refractivity contribution in [3.05, 3.63) is 0 Å². The second-order valence-electron chi connectivity index (χ2n) is 7.08. The minimum Gasteiger partial charge on any atom is -0.311 e. The fraction of sp³-hybridized carbons (Fsp3) is 1.00. The molecule has 1 N–H and O–H groups in total. The molecule has 0 bridgehead atoms. The van der Waals surface area contributed by atoms with Crippen LogP contribution in [0.3, 0.4) is 0 Å². The Morgan fingerprint density at radius 3 is 2.05 bits per heavy atom. The molecule has 0 aliphatic heterocycles. The monoisotopic (exact) mass is 268 g/mol. The summed E-state index contributed by atoms with van der Waals surface area (Å²) < 4.78 is 0. The highest BCUT2D eigenvalue weighted by Gasteiger charge is 2.38. The van der Waals surface area contributed by atoms with E-state index in [9.17, 15) is 0 Å². The molecule has 2 nitrogen and oxygen atoms in total. The van der Waals surface area contributed by atoms with E-state index >= 15 is 0 Å². The summed E-state index contributed by atoms with van der Waals surface area (Å²) >= 11 is 0. The SMILES string of the molecule is CCC(CC)NC1CC(C(C)C)C(N(C)C(C)C)C1. The summed E-state index contributed by atoms with van der Waals surface area (Å²) in [6.45, 7) is 14.0. The van der Waals surface area contributed by atoms with Gasteiger partial charge in [-0.1, -0.05) is 27.7 Å². The molecule has 0 spiro atoms. The number of nitrogens with one attached hydrogen (secondary N) is 1.